The Morgan fingerprint density at radius 2 is 2.13 bits per heavy atom. The van der Waals surface area contributed by atoms with Crippen molar-refractivity contribution in [2.75, 3.05) is 6.54 Å². The molecule has 88 valence electrons. The number of ether oxygens (including phenoxy) is 1. The van der Waals surface area contributed by atoms with Gasteiger partial charge in [0.1, 0.15) is 5.60 Å². The summed E-state index contributed by atoms with van der Waals surface area (Å²) in [6.07, 6.45) is 1.59. The van der Waals surface area contributed by atoms with Gasteiger partial charge in [0.25, 0.3) is 0 Å². The maximum Gasteiger partial charge on any atom is 0.410 e. The number of carbonyl (C=O) groups is 1. The second-order valence-corrected chi connectivity index (χ2v) is 5.19. The van der Waals surface area contributed by atoms with Crippen LogP contribution in [0.3, 0.4) is 0 Å². The SMILES string of the molecule is CCC1CC(N)CN1C(=O)OC(C)(C)C. The monoisotopic (exact) mass is 214 g/mol. The molecular weight excluding hydrogens is 192 g/mol. The van der Waals surface area contributed by atoms with Crippen LogP contribution < -0.4 is 5.73 Å². The standard InChI is InChI=1S/C11H22N2O2/c1-5-9-6-8(12)7-13(9)10(14)15-11(2,3)4/h8-9H,5-7,12H2,1-4H3. The third-order valence-corrected chi connectivity index (χ3v) is 2.55. The van der Waals surface area contributed by atoms with E-state index in [1.54, 1.807) is 4.90 Å². The molecule has 0 aliphatic carbocycles. The number of nitrogens with zero attached hydrogens (tertiary/aromatic N) is 1. The van der Waals surface area contributed by atoms with Crippen molar-refractivity contribution in [1.29, 1.82) is 0 Å². The first kappa shape index (κ1) is 12.3. The van der Waals surface area contributed by atoms with Crippen LogP contribution in [0.4, 0.5) is 4.79 Å². The number of rotatable bonds is 1. The zero-order valence-electron chi connectivity index (χ0n) is 10.1. The molecule has 1 heterocycles. The molecule has 1 saturated heterocycles. The normalized spacial score (nSPS) is 26.9. The van der Waals surface area contributed by atoms with E-state index in [-0.39, 0.29) is 18.2 Å². The highest BCUT2D eigenvalue weighted by Crippen LogP contribution is 2.22. The van der Waals surface area contributed by atoms with E-state index < -0.39 is 5.60 Å². The molecule has 15 heavy (non-hydrogen) atoms. The number of likely N-dealkylation sites (tertiary alicyclic amines) is 1. The summed E-state index contributed by atoms with van der Waals surface area (Å²) in [5.41, 5.74) is 5.41. The van der Waals surface area contributed by atoms with Crippen molar-refractivity contribution in [2.45, 2.75) is 58.2 Å². The first-order chi connectivity index (χ1) is 6.83. The molecule has 0 radical (unpaired) electrons. The summed E-state index contributed by atoms with van der Waals surface area (Å²) in [4.78, 5) is 13.6. The van der Waals surface area contributed by atoms with Crippen LogP contribution >= 0.6 is 0 Å². The molecule has 2 unspecified atom stereocenters. The van der Waals surface area contributed by atoms with Gasteiger partial charge in [0.05, 0.1) is 0 Å². The van der Waals surface area contributed by atoms with E-state index in [1.807, 2.05) is 20.8 Å². The molecule has 0 aromatic rings. The van der Waals surface area contributed by atoms with Crippen molar-refractivity contribution in [3.8, 4) is 0 Å². The van der Waals surface area contributed by atoms with Crippen LogP contribution in [-0.2, 0) is 4.74 Å². The van der Waals surface area contributed by atoms with Crippen molar-refractivity contribution in [2.24, 2.45) is 5.73 Å². The first-order valence-corrected chi connectivity index (χ1v) is 5.58. The van der Waals surface area contributed by atoms with Gasteiger partial charge in [-0.2, -0.15) is 0 Å². The molecule has 1 aliphatic heterocycles. The van der Waals surface area contributed by atoms with Gasteiger partial charge in [-0.1, -0.05) is 6.92 Å². The van der Waals surface area contributed by atoms with Gasteiger partial charge in [0.15, 0.2) is 0 Å². The molecule has 1 fully saturated rings. The van der Waals surface area contributed by atoms with E-state index >= 15 is 0 Å². The molecule has 2 atom stereocenters. The molecule has 1 rings (SSSR count). The highest BCUT2D eigenvalue weighted by atomic mass is 16.6. The van der Waals surface area contributed by atoms with Crippen molar-refractivity contribution >= 4 is 6.09 Å². The van der Waals surface area contributed by atoms with Gasteiger partial charge in [-0.3, -0.25) is 0 Å². The summed E-state index contributed by atoms with van der Waals surface area (Å²) in [6.45, 7) is 8.32. The Kier molecular flexibility index (Phi) is 3.60. The van der Waals surface area contributed by atoms with Crippen LogP contribution in [0.25, 0.3) is 0 Å². The summed E-state index contributed by atoms with van der Waals surface area (Å²) >= 11 is 0. The predicted molar refractivity (Wildman–Crippen MR) is 59.6 cm³/mol. The predicted octanol–water partition coefficient (Wildman–Crippen LogP) is 1.73. The average molecular weight is 214 g/mol. The Hall–Kier alpha value is -0.770. The van der Waals surface area contributed by atoms with Crippen LogP contribution in [0.1, 0.15) is 40.5 Å². The number of hydrogen-bond donors (Lipinski definition) is 1. The van der Waals surface area contributed by atoms with Crippen molar-refractivity contribution < 1.29 is 9.53 Å². The summed E-state index contributed by atoms with van der Waals surface area (Å²) in [6, 6.07) is 0.345. The molecule has 0 saturated carbocycles. The molecule has 0 aromatic heterocycles. The molecule has 1 amide bonds. The molecule has 2 N–H and O–H groups in total. The molecular formula is C11H22N2O2. The summed E-state index contributed by atoms with van der Waals surface area (Å²) in [5, 5.41) is 0. The Balaban J connectivity index is 2.59. The highest BCUT2D eigenvalue weighted by molar-refractivity contribution is 5.69. The summed E-state index contributed by atoms with van der Waals surface area (Å²) < 4.78 is 5.33. The topological polar surface area (TPSA) is 55.6 Å². The van der Waals surface area contributed by atoms with Gasteiger partial charge in [-0.15, -0.1) is 0 Å². The first-order valence-electron chi connectivity index (χ1n) is 5.58. The summed E-state index contributed by atoms with van der Waals surface area (Å²) in [5.74, 6) is 0. The Bertz CT molecular complexity index is 235. The van der Waals surface area contributed by atoms with Crippen LogP contribution in [0, 0.1) is 0 Å². The van der Waals surface area contributed by atoms with E-state index in [2.05, 4.69) is 6.92 Å². The second kappa shape index (κ2) is 4.39. The van der Waals surface area contributed by atoms with E-state index in [4.69, 9.17) is 10.5 Å². The Labute approximate surface area is 91.8 Å². The van der Waals surface area contributed by atoms with Crippen LogP contribution in [-0.4, -0.2) is 35.2 Å². The summed E-state index contributed by atoms with van der Waals surface area (Å²) in [7, 11) is 0. The molecule has 0 aromatic carbocycles. The lowest BCUT2D eigenvalue weighted by Crippen LogP contribution is -2.40. The van der Waals surface area contributed by atoms with Gasteiger partial charge < -0.3 is 15.4 Å². The van der Waals surface area contributed by atoms with Crippen molar-refractivity contribution in [3.63, 3.8) is 0 Å². The van der Waals surface area contributed by atoms with Gasteiger partial charge in [-0.25, -0.2) is 4.79 Å². The third kappa shape index (κ3) is 3.38. The fraction of sp³-hybridized carbons (Fsp3) is 0.909. The van der Waals surface area contributed by atoms with Gasteiger partial charge in [-0.05, 0) is 33.6 Å². The second-order valence-electron chi connectivity index (χ2n) is 5.19. The van der Waals surface area contributed by atoms with Crippen molar-refractivity contribution in [3.05, 3.63) is 0 Å². The van der Waals surface area contributed by atoms with Gasteiger partial charge in [0, 0.05) is 18.6 Å². The molecule has 4 heteroatoms. The zero-order chi connectivity index (χ0) is 11.6. The molecule has 1 aliphatic rings. The fourth-order valence-corrected chi connectivity index (χ4v) is 1.88. The van der Waals surface area contributed by atoms with Crippen LogP contribution in [0.15, 0.2) is 0 Å². The lowest BCUT2D eigenvalue weighted by molar-refractivity contribution is 0.0222. The van der Waals surface area contributed by atoms with Crippen LogP contribution in [0.5, 0.6) is 0 Å². The Morgan fingerprint density at radius 3 is 2.60 bits per heavy atom. The number of carbonyl (C=O) groups excluding carboxylic acids is 1. The quantitative estimate of drug-likeness (QED) is 0.723. The van der Waals surface area contributed by atoms with Crippen LogP contribution in [0.2, 0.25) is 0 Å². The maximum atomic E-state index is 11.8. The minimum absolute atomic E-state index is 0.0995. The lowest BCUT2D eigenvalue weighted by atomic mass is 10.1. The highest BCUT2D eigenvalue weighted by Gasteiger charge is 2.34. The van der Waals surface area contributed by atoms with E-state index in [0.29, 0.717) is 6.54 Å². The average Bonchev–Trinajstić information content (AvgIpc) is 2.43. The Morgan fingerprint density at radius 1 is 1.53 bits per heavy atom. The van der Waals surface area contributed by atoms with Gasteiger partial charge >= 0.3 is 6.09 Å². The van der Waals surface area contributed by atoms with E-state index in [1.165, 1.54) is 0 Å². The minimum Gasteiger partial charge on any atom is -0.444 e. The molecule has 0 bridgehead atoms. The maximum absolute atomic E-state index is 11.8. The smallest absolute Gasteiger partial charge is 0.410 e. The molecule has 4 nitrogen and oxygen atoms in total. The minimum atomic E-state index is -0.429. The van der Waals surface area contributed by atoms with E-state index in [9.17, 15) is 4.79 Å². The van der Waals surface area contributed by atoms with Crippen molar-refractivity contribution in [1.82, 2.24) is 4.90 Å². The number of nitrogens with two attached hydrogens (primary N) is 1. The number of amides is 1. The third-order valence-electron chi connectivity index (χ3n) is 2.55. The number of hydrogen-bond acceptors (Lipinski definition) is 3. The fourth-order valence-electron chi connectivity index (χ4n) is 1.88. The van der Waals surface area contributed by atoms with Gasteiger partial charge in [0.2, 0.25) is 0 Å². The largest absolute Gasteiger partial charge is 0.444 e. The van der Waals surface area contributed by atoms with E-state index in [0.717, 1.165) is 12.8 Å². The molecule has 0 spiro atoms. The lowest BCUT2D eigenvalue weighted by Gasteiger charge is -2.27. The zero-order valence-corrected chi connectivity index (χ0v) is 10.1.